The lowest BCUT2D eigenvalue weighted by Gasteiger charge is -2.15. The van der Waals surface area contributed by atoms with Crippen LogP contribution in [0, 0.1) is 0 Å². The molecular formula is C16H18BrN3. The van der Waals surface area contributed by atoms with Gasteiger partial charge in [-0.15, -0.1) is 0 Å². The first-order valence-corrected chi connectivity index (χ1v) is 7.85. The van der Waals surface area contributed by atoms with E-state index in [9.17, 15) is 0 Å². The lowest BCUT2D eigenvalue weighted by Crippen LogP contribution is -2.19. The molecule has 1 fully saturated rings. The maximum Gasteiger partial charge on any atom is 0.135 e. The number of hydrogen-bond donors (Lipinski definition) is 1. The van der Waals surface area contributed by atoms with Crippen LogP contribution in [0.2, 0.25) is 0 Å². The van der Waals surface area contributed by atoms with Gasteiger partial charge in [-0.25, -0.2) is 9.97 Å². The number of rotatable bonds is 5. The molecule has 1 atom stereocenters. The van der Waals surface area contributed by atoms with Crippen molar-refractivity contribution < 1.29 is 0 Å². The fraction of sp³-hybridized carbons (Fsp3) is 0.375. The number of halogens is 1. The Labute approximate surface area is 128 Å². The summed E-state index contributed by atoms with van der Waals surface area (Å²) in [6, 6.07) is 12.8. The Kier molecular flexibility index (Phi) is 4.01. The topological polar surface area (TPSA) is 37.8 Å². The first-order chi connectivity index (χ1) is 9.70. The van der Waals surface area contributed by atoms with Crippen LogP contribution in [0.1, 0.15) is 37.1 Å². The minimum atomic E-state index is 0.339. The Morgan fingerprint density at radius 1 is 1.25 bits per heavy atom. The second-order valence-electron chi connectivity index (χ2n) is 5.44. The molecule has 0 amide bonds. The molecule has 2 aromatic rings. The van der Waals surface area contributed by atoms with E-state index in [1.54, 1.807) is 0 Å². The lowest BCUT2D eigenvalue weighted by molar-refractivity contribution is 0.778. The average molecular weight is 332 g/mol. The molecule has 0 radical (unpaired) electrons. The SMILES string of the molecule is CC(Cc1ccccc1)Nc1cc(Br)nc(C2CC2)n1. The lowest BCUT2D eigenvalue weighted by atomic mass is 10.1. The van der Waals surface area contributed by atoms with E-state index in [1.807, 2.05) is 12.1 Å². The molecule has 0 aliphatic heterocycles. The zero-order chi connectivity index (χ0) is 13.9. The van der Waals surface area contributed by atoms with Crippen molar-refractivity contribution in [3.8, 4) is 0 Å². The smallest absolute Gasteiger partial charge is 0.135 e. The van der Waals surface area contributed by atoms with Crippen molar-refractivity contribution in [1.29, 1.82) is 0 Å². The summed E-state index contributed by atoms with van der Waals surface area (Å²) in [5, 5.41) is 3.47. The van der Waals surface area contributed by atoms with Crippen molar-refractivity contribution in [3.63, 3.8) is 0 Å². The summed E-state index contributed by atoms with van der Waals surface area (Å²) in [5.74, 6) is 2.45. The van der Waals surface area contributed by atoms with Gasteiger partial charge in [0.25, 0.3) is 0 Å². The monoisotopic (exact) mass is 331 g/mol. The van der Waals surface area contributed by atoms with Gasteiger partial charge in [0.1, 0.15) is 16.2 Å². The van der Waals surface area contributed by atoms with Gasteiger partial charge in [0.2, 0.25) is 0 Å². The molecule has 0 saturated heterocycles. The molecular weight excluding hydrogens is 314 g/mol. The number of aromatic nitrogens is 2. The van der Waals surface area contributed by atoms with Crippen LogP contribution in [-0.4, -0.2) is 16.0 Å². The van der Waals surface area contributed by atoms with Crippen LogP contribution in [0.3, 0.4) is 0 Å². The third kappa shape index (κ3) is 3.57. The van der Waals surface area contributed by atoms with Gasteiger partial charge in [-0.05, 0) is 47.7 Å². The Morgan fingerprint density at radius 3 is 2.70 bits per heavy atom. The summed E-state index contributed by atoms with van der Waals surface area (Å²) in [5.41, 5.74) is 1.34. The quantitative estimate of drug-likeness (QED) is 0.836. The maximum absolute atomic E-state index is 4.62. The highest BCUT2D eigenvalue weighted by atomic mass is 79.9. The summed E-state index contributed by atoms with van der Waals surface area (Å²) >= 11 is 3.47. The summed E-state index contributed by atoms with van der Waals surface area (Å²) in [6.07, 6.45) is 3.42. The van der Waals surface area contributed by atoms with Gasteiger partial charge in [-0.2, -0.15) is 0 Å². The van der Waals surface area contributed by atoms with Crippen LogP contribution in [0.4, 0.5) is 5.82 Å². The minimum Gasteiger partial charge on any atom is -0.367 e. The minimum absolute atomic E-state index is 0.339. The van der Waals surface area contributed by atoms with Gasteiger partial charge in [-0.3, -0.25) is 0 Å². The van der Waals surface area contributed by atoms with Gasteiger partial charge in [0.15, 0.2) is 0 Å². The molecule has 3 nitrogen and oxygen atoms in total. The molecule has 3 rings (SSSR count). The maximum atomic E-state index is 4.62. The molecule has 4 heteroatoms. The van der Waals surface area contributed by atoms with E-state index in [0.29, 0.717) is 12.0 Å². The first kappa shape index (κ1) is 13.6. The highest BCUT2D eigenvalue weighted by Gasteiger charge is 2.27. The fourth-order valence-electron chi connectivity index (χ4n) is 2.30. The first-order valence-electron chi connectivity index (χ1n) is 7.05. The van der Waals surface area contributed by atoms with Crippen LogP contribution < -0.4 is 5.32 Å². The van der Waals surface area contributed by atoms with Crippen LogP contribution in [0.25, 0.3) is 0 Å². The molecule has 1 aromatic heterocycles. The van der Waals surface area contributed by atoms with Crippen LogP contribution in [-0.2, 0) is 6.42 Å². The number of hydrogen-bond acceptors (Lipinski definition) is 3. The summed E-state index contributed by atoms with van der Waals surface area (Å²) < 4.78 is 0.865. The number of benzene rings is 1. The van der Waals surface area contributed by atoms with E-state index in [4.69, 9.17) is 0 Å². The molecule has 1 aliphatic carbocycles. The Morgan fingerprint density at radius 2 is 2.00 bits per heavy atom. The highest BCUT2D eigenvalue weighted by molar-refractivity contribution is 9.10. The van der Waals surface area contributed by atoms with Gasteiger partial charge in [0, 0.05) is 18.0 Å². The van der Waals surface area contributed by atoms with Crippen molar-refractivity contribution in [3.05, 3.63) is 52.4 Å². The van der Waals surface area contributed by atoms with Crippen molar-refractivity contribution >= 4 is 21.7 Å². The Bertz CT molecular complexity index is 582. The van der Waals surface area contributed by atoms with E-state index >= 15 is 0 Å². The van der Waals surface area contributed by atoms with Crippen molar-refractivity contribution in [1.82, 2.24) is 9.97 Å². The predicted molar refractivity (Wildman–Crippen MR) is 84.9 cm³/mol. The third-order valence-corrected chi connectivity index (χ3v) is 3.84. The van der Waals surface area contributed by atoms with Crippen LogP contribution >= 0.6 is 15.9 Å². The number of nitrogens with zero attached hydrogens (tertiary/aromatic N) is 2. The molecule has 104 valence electrons. The molecule has 1 aliphatic rings. The standard InChI is InChI=1S/C16H18BrN3/c1-11(9-12-5-3-2-4-6-12)18-15-10-14(17)19-16(20-15)13-7-8-13/h2-6,10-11,13H,7-9H2,1H3,(H,18,19,20). The highest BCUT2D eigenvalue weighted by Crippen LogP contribution is 2.38. The van der Waals surface area contributed by atoms with E-state index in [1.165, 1.54) is 18.4 Å². The van der Waals surface area contributed by atoms with Crippen molar-refractivity contribution in [2.24, 2.45) is 0 Å². The molecule has 20 heavy (non-hydrogen) atoms. The van der Waals surface area contributed by atoms with E-state index in [2.05, 4.69) is 62.4 Å². The van der Waals surface area contributed by atoms with E-state index < -0.39 is 0 Å². The third-order valence-electron chi connectivity index (χ3n) is 3.43. The molecule has 0 bridgehead atoms. The average Bonchev–Trinajstić information content (AvgIpc) is 3.23. The molecule has 1 saturated carbocycles. The molecule has 0 spiro atoms. The van der Waals surface area contributed by atoms with Gasteiger partial charge in [0.05, 0.1) is 0 Å². The number of nitrogens with one attached hydrogen (secondary N) is 1. The van der Waals surface area contributed by atoms with Crippen LogP contribution in [0.5, 0.6) is 0 Å². The zero-order valence-corrected chi connectivity index (χ0v) is 13.1. The van der Waals surface area contributed by atoms with Crippen molar-refractivity contribution in [2.75, 3.05) is 5.32 Å². The van der Waals surface area contributed by atoms with E-state index in [0.717, 1.165) is 22.7 Å². The van der Waals surface area contributed by atoms with Crippen molar-refractivity contribution in [2.45, 2.75) is 38.1 Å². The molecule has 1 unspecified atom stereocenters. The molecule has 1 N–H and O–H groups in total. The second kappa shape index (κ2) is 5.92. The van der Waals surface area contributed by atoms with Gasteiger partial charge in [-0.1, -0.05) is 30.3 Å². The van der Waals surface area contributed by atoms with E-state index in [-0.39, 0.29) is 0 Å². The molecule has 1 heterocycles. The van der Waals surface area contributed by atoms with Crippen LogP contribution in [0.15, 0.2) is 41.0 Å². The fourth-order valence-corrected chi connectivity index (χ4v) is 2.70. The largest absolute Gasteiger partial charge is 0.367 e. The predicted octanol–water partition coefficient (Wildman–Crippen LogP) is 4.16. The van der Waals surface area contributed by atoms with Gasteiger partial charge < -0.3 is 5.32 Å². The van der Waals surface area contributed by atoms with Gasteiger partial charge >= 0.3 is 0 Å². The number of anilines is 1. The Hall–Kier alpha value is -1.42. The molecule has 1 aromatic carbocycles. The summed E-state index contributed by atoms with van der Waals surface area (Å²) in [7, 11) is 0. The second-order valence-corrected chi connectivity index (χ2v) is 6.26. The zero-order valence-electron chi connectivity index (χ0n) is 11.5. The Balaban J connectivity index is 1.67. The summed E-state index contributed by atoms with van der Waals surface area (Å²) in [6.45, 7) is 2.18. The summed E-state index contributed by atoms with van der Waals surface area (Å²) in [4.78, 5) is 9.08. The normalized spacial score (nSPS) is 15.9.